The first-order chi connectivity index (χ1) is 12.9. The van der Waals surface area contributed by atoms with Crippen molar-refractivity contribution in [2.24, 2.45) is 5.92 Å². The summed E-state index contributed by atoms with van der Waals surface area (Å²) in [5, 5.41) is 8.12. The maximum absolute atomic E-state index is 12.4. The average Bonchev–Trinajstić information content (AvgIpc) is 3.11. The van der Waals surface area contributed by atoms with Crippen molar-refractivity contribution in [3.8, 4) is 0 Å². The molecule has 1 aromatic carbocycles. The van der Waals surface area contributed by atoms with Crippen molar-refractivity contribution in [1.82, 2.24) is 10.6 Å². The predicted octanol–water partition coefficient (Wildman–Crippen LogP) is 2.31. The van der Waals surface area contributed by atoms with Gasteiger partial charge in [0.05, 0.1) is 0 Å². The number of carbonyl (C=O) groups excluding carboxylic acids is 3. The molecule has 6 nitrogen and oxygen atoms in total. The quantitative estimate of drug-likeness (QED) is 0.710. The highest BCUT2D eigenvalue weighted by Gasteiger charge is 2.27. The molecule has 27 heavy (non-hydrogen) atoms. The molecule has 3 rings (SSSR count). The van der Waals surface area contributed by atoms with Crippen LogP contribution in [0.25, 0.3) is 0 Å². The molecule has 0 heterocycles. The van der Waals surface area contributed by atoms with Crippen molar-refractivity contribution in [3.05, 3.63) is 29.3 Å². The molecule has 0 bridgehead atoms. The van der Waals surface area contributed by atoms with E-state index in [2.05, 4.69) is 22.9 Å². The van der Waals surface area contributed by atoms with Gasteiger partial charge in [0.15, 0.2) is 0 Å². The number of rotatable bonds is 4. The summed E-state index contributed by atoms with van der Waals surface area (Å²) in [6.45, 7) is 3.67. The molecule has 3 N–H and O–H groups in total. The maximum Gasteiger partial charge on any atom is 0.309 e. The molecule has 0 unspecified atom stereocenters. The minimum absolute atomic E-state index is 0.0348. The molecular weight excluding hydrogens is 342 g/mol. The van der Waals surface area contributed by atoms with E-state index in [4.69, 9.17) is 0 Å². The lowest BCUT2D eigenvalue weighted by Gasteiger charge is -2.29. The van der Waals surface area contributed by atoms with Crippen LogP contribution in [0.3, 0.4) is 0 Å². The van der Waals surface area contributed by atoms with Crippen LogP contribution in [0.4, 0.5) is 5.69 Å². The molecule has 1 fully saturated rings. The molecule has 0 saturated heterocycles. The van der Waals surface area contributed by atoms with Gasteiger partial charge >= 0.3 is 11.8 Å². The predicted molar refractivity (Wildman–Crippen MR) is 104 cm³/mol. The number of amides is 3. The first kappa shape index (κ1) is 19.4. The van der Waals surface area contributed by atoms with Gasteiger partial charge in [-0.25, -0.2) is 0 Å². The zero-order chi connectivity index (χ0) is 19.4. The van der Waals surface area contributed by atoms with E-state index in [-0.39, 0.29) is 11.9 Å². The fourth-order valence-corrected chi connectivity index (χ4v) is 3.99. The Hall–Kier alpha value is -2.37. The van der Waals surface area contributed by atoms with Gasteiger partial charge in [0.2, 0.25) is 5.91 Å². The van der Waals surface area contributed by atoms with E-state index in [0.29, 0.717) is 5.92 Å². The van der Waals surface area contributed by atoms with E-state index in [1.807, 2.05) is 18.2 Å². The Morgan fingerprint density at radius 3 is 2.52 bits per heavy atom. The van der Waals surface area contributed by atoms with Crippen molar-refractivity contribution in [2.75, 3.05) is 5.32 Å². The second kappa shape index (κ2) is 8.55. The molecule has 2 aliphatic carbocycles. The minimum Gasteiger partial charge on any atom is -0.345 e. The average molecular weight is 371 g/mol. The molecular formula is C21H29N3O3. The summed E-state index contributed by atoms with van der Waals surface area (Å²) in [5.74, 6) is -1.38. The topological polar surface area (TPSA) is 87.3 Å². The number of aryl methyl sites for hydroxylation is 2. The van der Waals surface area contributed by atoms with Crippen LogP contribution in [-0.4, -0.2) is 29.8 Å². The fraction of sp³-hybridized carbons (Fsp3) is 0.571. The van der Waals surface area contributed by atoms with E-state index in [9.17, 15) is 14.4 Å². The van der Waals surface area contributed by atoms with E-state index in [1.165, 1.54) is 17.5 Å². The Kier molecular flexibility index (Phi) is 6.14. The number of benzene rings is 1. The molecule has 146 valence electrons. The molecule has 0 radical (unpaired) electrons. The molecule has 1 saturated carbocycles. The van der Waals surface area contributed by atoms with Gasteiger partial charge in [0, 0.05) is 11.7 Å². The standard InChI is InChI=1S/C21H29N3O3/c1-13-6-3-4-9-18(13)24-21(27)20(26)22-14(2)19(25)23-17-11-10-15-7-5-8-16(15)12-17/h10-14,18H,3-9H2,1-2H3,(H,22,26)(H,23,25)(H,24,27)/t13-,14-,18+/m0/s1. The molecule has 3 atom stereocenters. The Bertz CT molecular complexity index is 731. The summed E-state index contributed by atoms with van der Waals surface area (Å²) in [6, 6.07) is 5.16. The van der Waals surface area contributed by atoms with Gasteiger partial charge in [-0.05, 0) is 68.2 Å². The van der Waals surface area contributed by atoms with Gasteiger partial charge in [-0.15, -0.1) is 0 Å². The molecule has 2 aliphatic rings. The Balaban J connectivity index is 1.49. The van der Waals surface area contributed by atoms with Crippen LogP contribution >= 0.6 is 0 Å². The second-order valence-electron chi connectivity index (χ2n) is 7.86. The van der Waals surface area contributed by atoms with Crippen LogP contribution in [-0.2, 0) is 27.2 Å². The van der Waals surface area contributed by atoms with Crippen LogP contribution in [0.2, 0.25) is 0 Å². The lowest BCUT2D eigenvalue weighted by atomic mass is 9.86. The van der Waals surface area contributed by atoms with Crippen molar-refractivity contribution >= 4 is 23.4 Å². The molecule has 1 aromatic rings. The summed E-state index contributed by atoms with van der Waals surface area (Å²) >= 11 is 0. The summed E-state index contributed by atoms with van der Waals surface area (Å²) < 4.78 is 0. The Labute approximate surface area is 160 Å². The largest absolute Gasteiger partial charge is 0.345 e. The minimum atomic E-state index is -0.791. The Morgan fingerprint density at radius 1 is 1.00 bits per heavy atom. The highest BCUT2D eigenvalue weighted by molar-refractivity contribution is 6.35. The first-order valence-electron chi connectivity index (χ1n) is 9.98. The summed E-state index contributed by atoms with van der Waals surface area (Å²) in [4.78, 5) is 36.6. The number of carbonyl (C=O) groups is 3. The van der Waals surface area contributed by atoms with Gasteiger partial charge in [0.25, 0.3) is 0 Å². The van der Waals surface area contributed by atoms with E-state index < -0.39 is 17.9 Å². The number of anilines is 1. The monoisotopic (exact) mass is 371 g/mol. The summed E-state index contributed by atoms with van der Waals surface area (Å²) in [7, 11) is 0. The van der Waals surface area contributed by atoms with Crippen LogP contribution in [0.1, 0.15) is 57.1 Å². The van der Waals surface area contributed by atoms with Crippen molar-refractivity contribution < 1.29 is 14.4 Å². The number of nitrogens with one attached hydrogen (secondary N) is 3. The zero-order valence-corrected chi connectivity index (χ0v) is 16.1. The molecule has 6 heteroatoms. The molecule has 0 aliphatic heterocycles. The highest BCUT2D eigenvalue weighted by atomic mass is 16.2. The van der Waals surface area contributed by atoms with Crippen molar-refractivity contribution in [3.63, 3.8) is 0 Å². The van der Waals surface area contributed by atoms with E-state index in [0.717, 1.165) is 44.2 Å². The van der Waals surface area contributed by atoms with Crippen LogP contribution in [0.5, 0.6) is 0 Å². The van der Waals surface area contributed by atoms with Crippen LogP contribution < -0.4 is 16.0 Å². The van der Waals surface area contributed by atoms with Gasteiger partial charge in [0.1, 0.15) is 6.04 Å². The third kappa shape index (κ3) is 4.87. The molecule has 0 aromatic heterocycles. The van der Waals surface area contributed by atoms with Gasteiger partial charge < -0.3 is 16.0 Å². The van der Waals surface area contributed by atoms with Crippen LogP contribution in [0, 0.1) is 5.92 Å². The number of hydrogen-bond donors (Lipinski definition) is 3. The van der Waals surface area contributed by atoms with Crippen LogP contribution in [0.15, 0.2) is 18.2 Å². The van der Waals surface area contributed by atoms with Gasteiger partial charge in [-0.3, -0.25) is 14.4 Å². The van der Waals surface area contributed by atoms with Gasteiger partial charge in [-0.2, -0.15) is 0 Å². The molecule has 0 spiro atoms. The highest BCUT2D eigenvalue weighted by Crippen LogP contribution is 2.25. The second-order valence-corrected chi connectivity index (χ2v) is 7.86. The van der Waals surface area contributed by atoms with Gasteiger partial charge in [-0.1, -0.05) is 25.8 Å². The van der Waals surface area contributed by atoms with Crippen molar-refractivity contribution in [2.45, 2.75) is 70.9 Å². The van der Waals surface area contributed by atoms with Crippen molar-refractivity contribution in [1.29, 1.82) is 0 Å². The summed E-state index contributed by atoms with van der Waals surface area (Å²) in [6.07, 6.45) is 7.46. The third-order valence-electron chi connectivity index (χ3n) is 5.74. The zero-order valence-electron chi connectivity index (χ0n) is 16.1. The Morgan fingerprint density at radius 2 is 1.74 bits per heavy atom. The molecule has 3 amide bonds. The first-order valence-corrected chi connectivity index (χ1v) is 9.98. The smallest absolute Gasteiger partial charge is 0.309 e. The normalized spacial score (nSPS) is 22.4. The number of fused-ring (bicyclic) bond motifs is 1. The van der Waals surface area contributed by atoms with E-state index in [1.54, 1.807) is 6.92 Å². The SMILES string of the molecule is C[C@H](NC(=O)C(=O)N[C@@H]1CCCC[C@@H]1C)C(=O)Nc1ccc2c(c1)CCC2. The fourth-order valence-electron chi connectivity index (χ4n) is 3.99. The summed E-state index contributed by atoms with van der Waals surface area (Å²) in [5.41, 5.74) is 3.33. The lowest BCUT2D eigenvalue weighted by molar-refractivity contribution is -0.141. The number of hydrogen-bond acceptors (Lipinski definition) is 3. The lowest BCUT2D eigenvalue weighted by Crippen LogP contribution is -2.51. The van der Waals surface area contributed by atoms with E-state index >= 15 is 0 Å². The maximum atomic E-state index is 12.4. The third-order valence-corrected chi connectivity index (χ3v) is 5.74.